The summed E-state index contributed by atoms with van der Waals surface area (Å²) in [7, 11) is 0. The molecule has 2 bridgehead atoms. The molecule has 3 saturated carbocycles. The number of nitrogens with one attached hydrogen (secondary N) is 2. The van der Waals surface area contributed by atoms with Crippen LogP contribution in [0, 0.1) is 23.2 Å². The van der Waals surface area contributed by atoms with Gasteiger partial charge in [-0.05, 0) is 47.6 Å². The topological polar surface area (TPSA) is 101 Å². The van der Waals surface area contributed by atoms with E-state index in [0.29, 0.717) is 48.6 Å². The smallest absolute Gasteiger partial charge is 0.288 e. The predicted octanol–water partition coefficient (Wildman–Crippen LogP) is 2.93. The molecule has 4 fully saturated rings. The lowest BCUT2D eigenvalue weighted by molar-refractivity contribution is -0.122. The molecule has 6 rings (SSSR count). The SMILES string of the molecule is C[C@H]1[C@H](Nc2cnn(CC(=O)NCc3ccncc3N3CCOCC3)c(=O)c2Cl)C[C@H]2C[C@@H]1C2(C)C. The molecule has 0 spiro atoms. The molecule has 4 aliphatic rings. The number of anilines is 2. The summed E-state index contributed by atoms with van der Waals surface area (Å²) in [4.78, 5) is 32.0. The number of morpholine rings is 1. The number of aromatic nitrogens is 3. The first-order chi connectivity index (χ1) is 17.3. The van der Waals surface area contributed by atoms with Gasteiger partial charge in [-0.25, -0.2) is 4.68 Å². The largest absolute Gasteiger partial charge is 0.379 e. The van der Waals surface area contributed by atoms with E-state index in [1.165, 1.54) is 6.42 Å². The number of rotatable bonds is 7. The number of hydrogen-bond acceptors (Lipinski definition) is 7. The molecule has 0 unspecified atom stereocenters. The van der Waals surface area contributed by atoms with Crippen molar-refractivity contribution in [2.75, 3.05) is 36.5 Å². The number of ether oxygens (including phenoxy) is 1. The third-order valence-corrected chi connectivity index (χ3v) is 9.05. The van der Waals surface area contributed by atoms with Crippen LogP contribution >= 0.6 is 11.6 Å². The van der Waals surface area contributed by atoms with Crippen molar-refractivity contribution in [3.8, 4) is 0 Å². The van der Waals surface area contributed by atoms with Crippen LogP contribution in [-0.2, 0) is 22.6 Å². The Morgan fingerprint density at radius 1 is 1.25 bits per heavy atom. The second-order valence-corrected chi connectivity index (χ2v) is 11.3. The van der Waals surface area contributed by atoms with E-state index in [2.05, 4.69) is 46.4 Å². The maximum absolute atomic E-state index is 12.9. The Kier molecular flexibility index (Phi) is 6.96. The normalized spacial score (nSPS) is 26.7. The summed E-state index contributed by atoms with van der Waals surface area (Å²) in [5.41, 5.74) is 2.40. The molecule has 1 aliphatic heterocycles. The van der Waals surface area contributed by atoms with Crippen molar-refractivity contribution >= 4 is 28.9 Å². The van der Waals surface area contributed by atoms with E-state index in [1.54, 1.807) is 12.4 Å². The van der Waals surface area contributed by atoms with Gasteiger partial charge in [0.05, 0.1) is 37.0 Å². The fraction of sp³-hybridized carbons (Fsp3) is 0.615. The van der Waals surface area contributed by atoms with Gasteiger partial charge in [-0.1, -0.05) is 32.4 Å². The van der Waals surface area contributed by atoms with Crippen LogP contribution in [0.2, 0.25) is 5.02 Å². The third kappa shape index (κ3) is 4.70. The fourth-order valence-electron chi connectivity index (χ4n) is 6.26. The van der Waals surface area contributed by atoms with Crippen molar-refractivity contribution in [3.63, 3.8) is 0 Å². The van der Waals surface area contributed by atoms with Crippen molar-refractivity contribution in [1.29, 1.82) is 0 Å². The first kappa shape index (κ1) is 25.0. The summed E-state index contributed by atoms with van der Waals surface area (Å²) in [5.74, 6) is 1.55. The predicted molar refractivity (Wildman–Crippen MR) is 139 cm³/mol. The van der Waals surface area contributed by atoms with Crippen LogP contribution < -0.4 is 21.1 Å². The summed E-state index contributed by atoms with van der Waals surface area (Å²) in [6, 6.07) is 2.16. The maximum Gasteiger partial charge on any atom is 0.288 e. The zero-order chi connectivity index (χ0) is 25.4. The average molecular weight is 515 g/mol. The molecule has 194 valence electrons. The molecular weight excluding hydrogens is 480 g/mol. The van der Waals surface area contributed by atoms with Gasteiger partial charge in [0, 0.05) is 31.9 Å². The lowest BCUT2D eigenvalue weighted by Gasteiger charge is -2.62. The average Bonchev–Trinajstić information content (AvgIpc) is 2.88. The van der Waals surface area contributed by atoms with Crippen molar-refractivity contribution < 1.29 is 9.53 Å². The fourth-order valence-corrected chi connectivity index (χ4v) is 6.46. The van der Waals surface area contributed by atoms with Crippen LogP contribution in [0.4, 0.5) is 11.4 Å². The summed E-state index contributed by atoms with van der Waals surface area (Å²) < 4.78 is 6.55. The number of hydrogen-bond donors (Lipinski definition) is 2. The van der Waals surface area contributed by atoms with Crippen molar-refractivity contribution in [2.24, 2.45) is 23.2 Å². The summed E-state index contributed by atoms with van der Waals surface area (Å²) >= 11 is 6.44. The molecular formula is C26H35ClN6O3. The van der Waals surface area contributed by atoms with E-state index >= 15 is 0 Å². The Labute approximate surface area is 216 Å². The number of halogens is 1. The Balaban J connectivity index is 1.20. The van der Waals surface area contributed by atoms with Gasteiger partial charge >= 0.3 is 0 Å². The minimum Gasteiger partial charge on any atom is -0.379 e. The first-order valence-electron chi connectivity index (χ1n) is 12.8. The number of amides is 1. The Morgan fingerprint density at radius 3 is 2.75 bits per heavy atom. The summed E-state index contributed by atoms with van der Waals surface area (Å²) in [6.45, 7) is 10.0. The Bertz CT molecular complexity index is 1180. The molecule has 36 heavy (non-hydrogen) atoms. The number of fused-ring (bicyclic) bond motifs is 2. The van der Waals surface area contributed by atoms with E-state index in [-0.39, 0.29) is 23.5 Å². The zero-order valence-corrected chi connectivity index (χ0v) is 21.9. The molecule has 3 heterocycles. The van der Waals surface area contributed by atoms with Crippen molar-refractivity contribution in [1.82, 2.24) is 20.1 Å². The number of pyridine rings is 1. The van der Waals surface area contributed by atoms with Crippen LogP contribution in [0.5, 0.6) is 0 Å². The maximum atomic E-state index is 12.9. The van der Waals surface area contributed by atoms with Gasteiger partial charge in [0.1, 0.15) is 11.6 Å². The molecule has 10 heteroatoms. The molecule has 1 amide bonds. The van der Waals surface area contributed by atoms with E-state index in [9.17, 15) is 9.59 Å². The number of carbonyl (C=O) groups is 1. The van der Waals surface area contributed by atoms with Gasteiger partial charge in [0.2, 0.25) is 5.91 Å². The van der Waals surface area contributed by atoms with Crippen LogP contribution in [0.25, 0.3) is 0 Å². The second-order valence-electron chi connectivity index (χ2n) is 10.9. The third-order valence-electron chi connectivity index (χ3n) is 8.69. The van der Waals surface area contributed by atoms with Crippen LogP contribution in [-0.4, -0.2) is 53.0 Å². The molecule has 1 saturated heterocycles. The van der Waals surface area contributed by atoms with Gasteiger partial charge in [0.15, 0.2) is 0 Å². The second kappa shape index (κ2) is 10.0. The highest BCUT2D eigenvalue weighted by atomic mass is 35.5. The van der Waals surface area contributed by atoms with E-state index in [0.717, 1.165) is 35.4 Å². The summed E-state index contributed by atoms with van der Waals surface area (Å²) in [5, 5.41) is 10.7. The van der Waals surface area contributed by atoms with Crippen molar-refractivity contribution in [2.45, 2.75) is 52.7 Å². The van der Waals surface area contributed by atoms with Crippen LogP contribution in [0.15, 0.2) is 29.5 Å². The van der Waals surface area contributed by atoms with Gasteiger partial charge in [-0.2, -0.15) is 5.10 Å². The van der Waals surface area contributed by atoms with Crippen LogP contribution in [0.3, 0.4) is 0 Å². The van der Waals surface area contributed by atoms with Gasteiger partial charge in [0.25, 0.3) is 5.56 Å². The first-order valence-corrected chi connectivity index (χ1v) is 13.2. The zero-order valence-electron chi connectivity index (χ0n) is 21.2. The molecule has 2 N–H and O–H groups in total. The minimum absolute atomic E-state index is 0.0762. The number of carbonyl (C=O) groups excluding carboxylic acids is 1. The molecule has 0 radical (unpaired) electrons. The lowest BCUT2D eigenvalue weighted by Crippen LogP contribution is -2.58. The highest BCUT2D eigenvalue weighted by Crippen LogP contribution is 2.61. The molecule has 2 aromatic heterocycles. The monoisotopic (exact) mass is 514 g/mol. The van der Waals surface area contributed by atoms with Crippen molar-refractivity contribution in [3.05, 3.63) is 45.6 Å². The van der Waals surface area contributed by atoms with Gasteiger partial charge < -0.3 is 20.3 Å². The highest BCUT2D eigenvalue weighted by molar-refractivity contribution is 6.32. The lowest BCUT2D eigenvalue weighted by atomic mass is 9.45. The quantitative estimate of drug-likeness (QED) is 0.585. The van der Waals surface area contributed by atoms with Crippen LogP contribution in [0.1, 0.15) is 39.2 Å². The molecule has 0 aromatic carbocycles. The highest BCUT2D eigenvalue weighted by Gasteiger charge is 2.56. The molecule has 3 aliphatic carbocycles. The van der Waals surface area contributed by atoms with Gasteiger partial charge in [-0.15, -0.1) is 0 Å². The Hall–Kier alpha value is -2.65. The van der Waals surface area contributed by atoms with E-state index in [4.69, 9.17) is 16.3 Å². The molecule has 2 aromatic rings. The molecule has 9 nitrogen and oxygen atoms in total. The minimum atomic E-state index is -0.469. The van der Waals surface area contributed by atoms with E-state index in [1.807, 2.05) is 12.3 Å². The Morgan fingerprint density at radius 2 is 2.03 bits per heavy atom. The van der Waals surface area contributed by atoms with E-state index < -0.39 is 5.56 Å². The number of nitrogens with zero attached hydrogens (tertiary/aromatic N) is 4. The standard InChI is InChI=1S/C26H35ClN6O3/c1-16-19-10-18(26(19,2)3)11-20(16)31-21-13-30-33(25(35)24(21)27)15-23(34)29-12-17-4-5-28-14-22(17)32-6-8-36-9-7-32/h4-5,13-14,16,18-20,31H,6-12,15H2,1-3H3,(H,29,34)/t16-,18-,19+,20-/m1/s1. The summed E-state index contributed by atoms with van der Waals surface area (Å²) in [6.07, 6.45) is 7.42. The molecule has 4 atom stereocenters. The van der Waals surface area contributed by atoms with Gasteiger partial charge in [-0.3, -0.25) is 14.6 Å².